The zero-order chi connectivity index (χ0) is 11.9. The summed E-state index contributed by atoms with van der Waals surface area (Å²) < 4.78 is 0. The van der Waals surface area contributed by atoms with Crippen molar-refractivity contribution in [3.63, 3.8) is 0 Å². The summed E-state index contributed by atoms with van der Waals surface area (Å²) in [5.74, 6) is 6.40. The van der Waals surface area contributed by atoms with Crippen LogP contribution >= 0.6 is 23.1 Å². The Hall–Kier alpha value is -1.35. The molecule has 5 heteroatoms. The van der Waals surface area contributed by atoms with E-state index in [1.54, 1.807) is 41.7 Å². The number of thioether (sulfide) groups is 1. The number of hydrogen-bond donors (Lipinski definition) is 1. The topological polar surface area (TPSA) is 46.0 Å². The molecule has 0 aromatic carbocycles. The van der Waals surface area contributed by atoms with E-state index >= 15 is 0 Å². The van der Waals surface area contributed by atoms with Crippen LogP contribution < -0.4 is 0 Å². The lowest BCUT2D eigenvalue weighted by Gasteiger charge is -1.96. The van der Waals surface area contributed by atoms with Crippen LogP contribution in [-0.4, -0.2) is 21.7 Å². The smallest absolute Gasteiger partial charge is 0.115 e. The lowest BCUT2D eigenvalue weighted by Crippen LogP contribution is -1.80. The fourth-order valence-corrected chi connectivity index (χ4v) is 2.90. The first-order valence-electron chi connectivity index (χ1n) is 4.96. The Labute approximate surface area is 108 Å². The minimum atomic E-state index is -0.0956. The van der Waals surface area contributed by atoms with Crippen molar-refractivity contribution >= 4 is 23.1 Å². The molecule has 2 heterocycles. The van der Waals surface area contributed by atoms with Crippen molar-refractivity contribution in [3.05, 3.63) is 40.5 Å². The Morgan fingerprint density at radius 1 is 1.35 bits per heavy atom. The average Bonchev–Trinajstić information content (AvgIpc) is 2.83. The van der Waals surface area contributed by atoms with Gasteiger partial charge >= 0.3 is 0 Å². The predicted molar refractivity (Wildman–Crippen MR) is 69.9 cm³/mol. The maximum atomic E-state index is 8.60. The second-order valence-electron chi connectivity index (χ2n) is 3.06. The molecule has 0 fully saturated rings. The maximum Gasteiger partial charge on any atom is 0.115 e. The van der Waals surface area contributed by atoms with E-state index in [1.807, 2.05) is 6.07 Å². The highest BCUT2D eigenvalue weighted by Gasteiger charge is 2.00. The van der Waals surface area contributed by atoms with Crippen molar-refractivity contribution in [1.82, 2.24) is 9.97 Å². The first-order chi connectivity index (χ1) is 8.38. The van der Waals surface area contributed by atoms with Crippen LogP contribution in [0.4, 0.5) is 0 Å². The number of aromatic nitrogens is 2. The van der Waals surface area contributed by atoms with Crippen molar-refractivity contribution in [2.45, 2.75) is 10.8 Å². The molecule has 2 rings (SSSR count). The predicted octanol–water partition coefficient (Wildman–Crippen LogP) is 2.17. The highest BCUT2D eigenvalue weighted by molar-refractivity contribution is 7.98. The minimum Gasteiger partial charge on any atom is -0.384 e. The molecule has 0 amide bonds. The van der Waals surface area contributed by atoms with Crippen LogP contribution in [0.25, 0.3) is 0 Å². The van der Waals surface area contributed by atoms with E-state index in [2.05, 4.69) is 27.9 Å². The summed E-state index contributed by atoms with van der Waals surface area (Å²) in [4.78, 5) is 10.4. The molecule has 3 nitrogen and oxygen atoms in total. The number of aliphatic hydroxyl groups excluding tert-OH is 1. The first-order valence-corrected chi connectivity index (χ1v) is 6.76. The van der Waals surface area contributed by atoms with Crippen molar-refractivity contribution in [2.75, 3.05) is 6.61 Å². The zero-order valence-corrected chi connectivity index (χ0v) is 10.6. The molecule has 1 N–H and O–H groups in total. The first kappa shape index (κ1) is 12.1. The van der Waals surface area contributed by atoms with Gasteiger partial charge in [-0.15, -0.1) is 11.3 Å². The molecule has 0 radical (unpaired) electrons. The third kappa shape index (κ3) is 3.86. The van der Waals surface area contributed by atoms with E-state index < -0.39 is 0 Å². The summed E-state index contributed by atoms with van der Waals surface area (Å²) in [6.07, 6.45) is 5.11. The summed E-state index contributed by atoms with van der Waals surface area (Å²) in [7, 11) is 0. The maximum absolute atomic E-state index is 8.60. The largest absolute Gasteiger partial charge is 0.384 e. The molecule has 0 bridgehead atoms. The van der Waals surface area contributed by atoms with Crippen molar-refractivity contribution in [2.24, 2.45) is 0 Å². The van der Waals surface area contributed by atoms with Gasteiger partial charge in [-0.25, -0.2) is 4.98 Å². The number of thiophene rings is 1. The molecule has 2 aromatic rings. The fourth-order valence-electron chi connectivity index (χ4n) is 1.15. The SMILES string of the molecule is OCC#Cc1ccc(CSc2cnccn2)s1. The number of nitrogens with zero attached hydrogens (tertiary/aromatic N) is 2. The van der Waals surface area contributed by atoms with E-state index in [-0.39, 0.29) is 6.61 Å². The summed E-state index contributed by atoms with van der Waals surface area (Å²) in [6, 6.07) is 4.02. The number of hydrogen-bond acceptors (Lipinski definition) is 5. The highest BCUT2D eigenvalue weighted by Crippen LogP contribution is 2.24. The Bertz CT molecular complexity index is 528. The van der Waals surface area contributed by atoms with Gasteiger partial charge in [0, 0.05) is 23.0 Å². The molecule has 0 atom stereocenters. The molecule has 0 unspecified atom stereocenters. The second-order valence-corrected chi connectivity index (χ2v) is 5.22. The van der Waals surface area contributed by atoms with Gasteiger partial charge in [0.15, 0.2) is 0 Å². The Morgan fingerprint density at radius 3 is 3.06 bits per heavy atom. The molecule has 17 heavy (non-hydrogen) atoms. The van der Waals surface area contributed by atoms with Gasteiger partial charge in [0.1, 0.15) is 11.6 Å². The molecule has 0 saturated heterocycles. The Morgan fingerprint density at radius 2 is 2.29 bits per heavy atom. The quantitative estimate of drug-likeness (QED) is 0.680. The van der Waals surface area contributed by atoms with Gasteiger partial charge in [0.05, 0.1) is 11.1 Å². The van der Waals surface area contributed by atoms with Gasteiger partial charge in [-0.1, -0.05) is 23.6 Å². The van der Waals surface area contributed by atoms with Crippen LogP contribution in [0.2, 0.25) is 0 Å². The number of rotatable bonds is 3. The molecule has 0 aliphatic carbocycles. The van der Waals surface area contributed by atoms with Crippen LogP contribution in [0.1, 0.15) is 9.75 Å². The van der Waals surface area contributed by atoms with Crippen LogP contribution in [-0.2, 0) is 5.75 Å². The standard InChI is InChI=1S/C12H10N2OS2/c15-7-1-2-10-3-4-11(17-10)9-16-12-8-13-5-6-14-12/h3-6,8,15H,7,9H2. The summed E-state index contributed by atoms with van der Waals surface area (Å²) >= 11 is 3.29. The van der Waals surface area contributed by atoms with E-state index in [4.69, 9.17) is 5.11 Å². The van der Waals surface area contributed by atoms with Crippen LogP contribution in [0.15, 0.2) is 35.7 Å². The summed E-state index contributed by atoms with van der Waals surface area (Å²) in [6.45, 7) is -0.0956. The second kappa shape index (κ2) is 6.40. The summed E-state index contributed by atoms with van der Waals surface area (Å²) in [5, 5.41) is 9.52. The molecular weight excluding hydrogens is 252 g/mol. The Balaban J connectivity index is 1.94. The average molecular weight is 262 g/mol. The van der Waals surface area contributed by atoms with Crippen LogP contribution in [0, 0.1) is 11.8 Å². The van der Waals surface area contributed by atoms with Gasteiger partial charge in [0.25, 0.3) is 0 Å². The van der Waals surface area contributed by atoms with Gasteiger partial charge in [-0.3, -0.25) is 4.98 Å². The van der Waals surface area contributed by atoms with E-state index in [0.29, 0.717) is 0 Å². The monoisotopic (exact) mass is 262 g/mol. The van der Waals surface area contributed by atoms with Gasteiger partial charge < -0.3 is 5.11 Å². The van der Waals surface area contributed by atoms with Gasteiger partial charge in [-0.2, -0.15) is 0 Å². The van der Waals surface area contributed by atoms with Crippen molar-refractivity contribution in [3.8, 4) is 11.8 Å². The van der Waals surface area contributed by atoms with Crippen molar-refractivity contribution < 1.29 is 5.11 Å². The highest BCUT2D eigenvalue weighted by atomic mass is 32.2. The van der Waals surface area contributed by atoms with Gasteiger partial charge in [-0.05, 0) is 12.1 Å². The third-order valence-electron chi connectivity index (χ3n) is 1.85. The van der Waals surface area contributed by atoms with Crippen LogP contribution in [0.3, 0.4) is 0 Å². The fraction of sp³-hybridized carbons (Fsp3) is 0.167. The lowest BCUT2D eigenvalue weighted by atomic mass is 10.4. The molecule has 2 aromatic heterocycles. The normalized spacial score (nSPS) is 9.71. The van der Waals surface area contributed by atoms with Gasteiger partial charge in [0.2, 0.25) is 0 Å². The zero-order valence-electron chi connectivity index (χ0n) is 8.96. The number of aliphatic hydroxyl groups is 1. The lowest BCUT2D eigenvalue weighted by molar-refractivity contribution is 0.350. The van der Waals surface area contributed by atoms with Crippen LogP contribution in [0.5, 0.6) is 0 Å². The third-order valence-corrected chi connectivity index (χ3v) is 4.00. The van der Waals surface area contributed by atoms with E-state index in [0.717, 1.165) is 15.7 Å². The summed E-state index contributed by atoms with van der Waals surface area (Å²) in [5.41, 5.74) is 0. The minimum absolute atomic E-state index is 0.0956. The van der Waals surface area contributed by atoms with E-state index in [1.165, 1.54) is 4.88 Å². The molecule has 86 valence electrons. The van der Waals surface area contributed by atoms with E-state index in [9.17, 15) is 0 Å². The molecule has 0 spiro atoms. The molecule has 0 saturated carbocycles. The molecular formula is C12H10N2OS2. The molecule has 0 aliphatic heterocycles. The Kier molecular flexibility index (Phi) is 4.56. The molecule has 0 aliphatic rings. The van der Waals surface area contributed by atoms with Crippen molar-refractivity contribution in [1.29, 1.82) is 0 Å².